The number of hydrogen-bond acceptors (Lipinski definition) is 3. The lowest BCUT2D eigenvalue weighted by Crippen LogP contribution is -2.18. The molecule has 0 aliphatic carbocycles. The minimum Gasteiger partial charge on any atom is -0.481 e. The fourth-order valence-corrected chi connectivity index (χ4v) is 2.12. The predicted octanol–water partition coefficient (Wildman–Crippen LogP) is 2.27. The first-order valence-electron chi connectivity index (χ1n) is 6.13. The number of carboxylic acid groups (broad SMARTS) is 1. The molecule has 5 heteroatoms. The van der Waals surface area contributed by atoms with Crippen LogP contribution in [0.15, 0.2) is 27.4 Å². The van der Waals surface area contributed by atoms with Gasteiger partial charge in [0, 0.05) is 13.5 Å². The van der Waals surface area contributed by atoms with E-state index in [9.17, 15) is 9.59 Å². The molecule has 0 radical (unpaired) electrons. The van der Waals surface area contributed by atoms with Crippen molar-refractivity contribution in [2.45, 2.75) is 32.1 Å². The van der Waals surface area contributed by atoms with Crippen molar-refractivity contribution in [1.29, 1.82) is 0 Å². The van der Waals surface area contributed by atoms with E-state index in [1.165, 1.54) is 4.57 Å². The van der Waals surface area contributed by atoms with E-state index in [2.05, 4.69) is 0 Å². The summed E-state index contributed by atoms with van der Waals surface area (Å²) in [4.78, 5) is 22.1. The summed E-state index contributed by atoms with van der Waals surface area (Å²) < 4.78 is 6.60. The average molecular weight is 263 g/mol. The molecule has 0 unspecified atom stereocenters. The van der Waals surface area contributed by atoms with Crippen molar-refractivity contribution in [3.63, 3.8) is 0 Å². The Bertz CT molecular complexity index is 678. The minimum absolute atomic E-state index is 0.115. The van der Waals surface area contributed by atoms with Crippen molar-refractivity contribution in [1.82, 2.24) is 4.57 Å². The third-order valence-electron chi connectivity index (χ3n) is 3.54. The molecule has 0 saturated carbocycles. The highest BCUT2D eigenvalue weighted by Crippen LogP contribution is 2.30. The van der Waals surface area contributed by atoms with Crippen molar-refractivity contribution >= 4 is 17.1 Å². The predicted molar refractivity (Wildman–Crippen MR) is 71.4 cm³/mol. The second-order valence-corrected chi connectivity index (χ2v) is 5.39. The Hall–Kier alpha value is -2.04. The van der Waals surface area contributed by atoms with E-state index in [1.807, 2.05) is 32.0 Å². The van der Waals surface area contributed by atoms with Crippen molar-refractivity contribution in [2.75, 3.05) is 0 Å². The van der Waals surface area contributed by atoms with Gasteiger partial charge in [-0.3, -0.25) is 9.36 Å². The molecule has 1 aromatic heterocycles. The Kier molecular flexibility index (Phi) is 3.22. The molecule has 0 saturated heterocycles. The number of aromatic nitrogens is 1. The summed E-state index contributed by atoms with van der Waals surface area (Å²) in [6.07, 6.45) is 0.648. The van der Waals surface area contributed by atoms with Crippen LogP contribution in [-0.2, 0) is 17.3 Å². The van der Waals surface area contributed by atoms with Crippen LogP contribution in [0.25, 0.3) is 11.1 Å². The summed E-state index contributed by atoms with van der Waals surface area (Å²) in [5, 5.41) is 8.77. The number of hydrogen-bond donors (Lipinski definition) is 1. The molecule has 19 heavy (non-hydrogen) atoms. The van der Waals surface area contributed by atoms with Crippen LogP contribution in [0.5, 0.6) is 0 Å². The summed E-state index contributed by atoms with van der Waals surface area (Å²) in [5.74, 6) is -1.20. The third kappa shape index (κ3) is 2.54. The summed E-state index contributed by atoms with van der Waals surface area (Å²) in [6, 6.07) is 5.57. The highest BCUT2D eigenvalue weighted by atomic mass is 16.4. The Morgan fingerprint density at radius 1 is 1.42 bits per heavy atom. The summed E-state index contributed by atoms with van der Waals surface area (Å²) in [5.41, 5.74) is 1.97. The molecular formula is C14H17NO4. The van der Waals surface area contributed by atoms with Crippen molar-refractivity contribution in [2.24, 2.45) is 7.05 Å². The highest BCUT2D eigenvalue weighted by Gasteiger charge is 2.22. The van der Waals surface area contributed by atoms with E-state index < -0.39 is 11.7 Å². The largest absolute Gasteiger partial charge is 0.481 e. The maximum atomic E-state index is 11.4. The van der Waals surface area contributed by atoms with Gasteiger partial charge in [0.2, 0.25) is 0 Å². The molecule has 0 bridgehead atoms. The number of benzene rings is 1. The molecule has 0 spiro atoms. The standard InChI is InChI=1S/C14H17NO4/c1-14(2,7-6-12(16)17)9-4-5-10-11(8-9)19-13(18)15(10)3/h4-5,8H,6-7H2,1-3H3,(H,16,17). The zero-order valence-corrected chi connectivity index (χ0v) is 11.3. The number of fused-ring (bicyclic) bond motifs is 1. The minimum atomic E-state index is -0.805. The molecule has 0 atom stereocenters. The number of carboxylic acids is 1. The second-order valence-electron chi connectivity index (χ2n) is 5.39. The first-order chi connectivity index (χ1) is 8.81. The van der Waals surface area contributed by atoms with Gasteiger partial charge in [0.05, 0.1) is 5.52 Å². The summed E-state index contributed by atoms with van der Waals surface area (Å²) in [7, 11) is 1.66. The molecule has 0 aliphatic heterocycles. The molecule has 1 aromatic carbocycles. The zero-order chi connectivity index (χ0) is 14.2. The van der Waals surface area contributed by atoms with Gasteiger partial charge in [-0.1, -0.05) is 19.9 Å². The van der Waals surface area contributed by atoms with Crippen LogP contribution < -0.4 is 5.76 Å². The fraction of sp³-hybridized carbons (Fsp3) is 0.429. The lowest BCUT2D eigenvalue weighted by molar-refractivity contribution is -0.137. The Balaban J connectivity index is 2.40. The Morgan fingerprint density at radius 2 is 2.11 bits per heavy atom. The molecule has 1 N–H and O–H groups in total. The van der Waals surface area contributed by atoms with E-state index in [0.717, 1.165) is 11.1 Å². The number of oxazole rings is 1. The molecule has 102 valence electrons. The molecule has 5 nitrogen and oxygen atoms in total. The van der Waals surface area contributed by atoms with Crippen LogP contribution in [0.1, 0.15) is 32.3 Å². The van der Waals surface area contributed by atoms with Gasteiger partial charge in [-0.05, 0) is 29.5 Å². The van der Waals surface area contributed by atoms with Gasteiger partial charge in [-0.15, -0.1) is 0 Å². The van der Waals surface area contributed by atoms with Gasteiger partial charge in [0.1, 0.15) is 0 Å². The van der Waals surface area contributed by atoms with Crippen molar-refractivity contribution in [3.8, 4) is 0 Å². The average Bonchev–Trinajstić information content (AvgIpc) is 2.62. The van der Waals surface area contributed by atoms with Gasteiger partial charge < -0.3 is 9.52 Å². The number of nitrogens with zero attached hydrogens (tertiary/aromatic N) is 1. The van der Waals surface area contributed by atoms with Crippen LogP contribution >= 0.6 is 0 Å². The lowest BCUT2D eigenvalue weighted by Gasteiger charge is -2.24. The number of carbonyl (C=O) groups is 1. The molecule has 2 aromatic rings. The molecule has 0 aliphatic rings. The van der Waals surface area contributed by atoms with Gasteiger partial charge in [0.25, 0.3) is 0 Å². The van der Waals surface area contributed by atoms with Crippen molar-refractivity contribution in [3.05, 3.63) is 34.3 Å². The highest BCUT2D eigenvalue weighted by molar-refractivity contribution is 5.74. The van der Waals surface area contributed by atoms with Crippen LogP contribution in [0.3, 0.4) is 0 Å². The van der Waals surface area contributed by atoms with E-state index in [0.29, 0.717) is 12.0 Å². The maximum absolute atomic E-state index is 11.4. The quantitative estimate of drug-likeness (QED) is 0.918. The first kappa shape index (κ1) is 13.4. The zero-order valence-electron chi connectivity index (χ0n) is 11.3. The van der Waals surface area contributed by atoms with E-state index in [1.54, 1.807) is 7.05 Å². The topological polar surface area (TPSA) is 72.4 Å². The lowest BCUT2D eigenvalue weighted by atomic mass is 9.80. The Labute approximate surface area is 110 Å². The van der Waals surface area contributed by atoms with Crippen LogP contribution in [0, 0.1) is 0 Å². The molecular weight excluding hydrogens is 246 g/mol. The molecule has 0 amide bonds. The third-order valence-corrected chi connectivity index (χ3v) is 3.54. The fourth-order valence-electron chi connectivity index (χ4n) is 2.12. The van der Waals surface area contributed by atoms with Gasteiger partial charge in [-0.2, -0.15) is 0 Å². The van der Waals surface area contributed by atoms with Gasteiger partial charge in [0.15, 0.2) is 5.58 Å². The monoisotopic (exact) mass is 263 g/mol. The van der Waals surface area contributed by atoms with Gasteiger partial charge in [-0.25, -0.2) is 4.79 Å². The number of aliphatic carboxylic acids is 1. The smallest absolute Gasteiger partial charge is 0.419 e. The number of aryl methyl sites for hydroxylation is 1. The molecule has 2 rings (SSSR count). The SMILES string of the molecule is Cn1c(=O)oc2cc(C(C)(C)CCC(=O)O)ccc21. The molecule has 0 fully saturated rings. The maximum Gasteiger partial charge on any atom is 0.419 e. The van der Waals surface area contributed by atoms with Crippen LogP contribution in [0.2, 0.25) is 0 Å². The van der Waals surface area contributed by atoms with Crippen molar-refractivity contribution < 1.29 is 14.3 Å². The van der Waals surface area contributed by atoms with Crippen LogP contribution in [0.4, 0.5) is 0 Å². The molecule has 1 heterocycles. The normalized spacial score (nSPS) is 11.9. The van der Waals surface area contributed by atoms with Crippen LogP contribution in [-0.4, -0.2) is 15.6 Å². The summed E-state index contributed by atoms with van der Waals surface area (Å²) >= 11 is 0. The summed E-state index contributed by atoms with van der Waals surface area (Å²) in [6.45, 7) is 3.97. The van der Waals surface area contributed by atoms with Gasteiger partial charge >= 0.3 is 11.7 Å². The van der Waals surface area contributed by atoms with E-state index >= 15 is 0 Å². The van der Waals surface area contributed by atoms with E-state index in [4.69, 9.17) is 9.52 Å². The number of rotatable bonds is 4. The van der Waals surface area contributed by atoms with E-state index in [-0.39, 0.29) is 11.8 Å². The Morgan fingerprint density at radius 3 is 2.74 bits per heavy atom. The first-order valence-corrected chi connectivity index (χ1v) is 6.13. The second kappa shape index (κ2) is 4.57.